The first-order valence-corrected chi connectivity index (χ1v) is 7.68. The van der Waals surface area contributed by atoms with Crippen LogP contribution in [-0.4, -0.2) is 9.55 Å². The quantitative estimate of drug-likeness (QED) is 0.563. The number of aryl methyl sites for hydroxylation is 1. The van der Waals surface area contributed by atoms with Gasteiger partial charge in [-0.05, 0) is 36.6 Å². The Hall–Kier alpha value is -1.76. The molecule has 6 heteroatoms. The van der Waals surface area contributed by atoms with E-state index >= 15 is 0 Å². The molecule has 0 aliphatic carbocycles. The van der Waals surface area contributed by atoms with Crippen molar-refractivity contribution in [1.82, 2.24) is 15.0 Å². The summed E-state index contributed by atoms with van der Waals surface area (Å²) in [6.45, 7) is 2.96. The van der Waals surface area contributed by atoms with E-state index in [0.717, 1.165) is 27.3 Å². The number of fused-ring (bicyclic) bond motifs is 1. The molecule has 4 nitrogen and oxygen atoms in total. The number of halogens is 1. The van der Waals surface area contributed by atoms with Crippen LogP contribution in [0, 0.1) is 5.82 Å². The zero-order chi connectivity index (χ0) is 14.8. The number of aromatic nitrogens is 2. The molecular weight excluding hydrogens is 287 g/mol. The number of nitrogens with one attached hydrogen (secondary N) is 1. The first kappa shape index (κ1) is 14.2. The van der Waals surface area contributed by atoms with Crippen LogP contribution in [-0.2, 0) is 13.0 Å². The Labute approximate surface area is 126 Å². The standard InChI is InChI=1S/C15H17FN4S/c1-2-20-6-5-18-15(20)9-12(19-17)14-8-10-7-11(16)3-4-13(10)21-14/h3-8,12,19H,2,9,17H2,1H3. The highest BCUT2D eigenvalue weighted by molar-refractivity contribution is 7.19. The third-order valence-corrected chi connectivity index (χ3v) is 4.80. The van der Waals surface area contributed by atoms with Gasteiger partial charge in [0.2, 0.25) is 0 Å². The number of imidazole rings is 1. The highest BCUT2D eigenvalue weighted by Crippen LogP contribution is 2.31. The highest BCUT2D eigenvalue weighted by Gasteiger charge is 2.16. The molecule has 2 heterocycles. The average molecular weight is 304 g/mol. The first-order chi connectivity index (χ1) is 10.2. The Morgan fingerprint density at radius 2 is 2.29 bits per heavy atom. The van der Waals surface area contributed by atoms with Crippen LogP contribution in [0.1, 0.15) is 23.7 Å². The van der Waals surface area contributed by atoms with Crippen molar-refractivity contribution < 1.29 is 4.39 Å². The minimum atomic E-state index is -0.217. The van der Waals surface area contributed by atoms with Gasteiger partial charge in [0, 0.05) is 34.9 Å². The molecule has 21 heavy (non-hydrogen) atoms. The van der Waals surface area contributed by atoms with Gasteiger partial charge in [-0.2, -0.15) is 0 Å². The zero-order valence-electron chi connectivity index (χ0n) is 11.7. The second-order valence-electron chi connectivity index (χ2n) is 4.88. The van der Waals surface area contributed by atoms with Crippen LogP contribution in [0.25, 0.3) is 10.1 Å². The van der Waals surface area contributed by atoms with Crippen LogP contribution < -0.4 is 11.3 Å². The number of thiophene rings is 1. The van der Waals surface area contributed by atoms with Crippen LogP contribution in [0.3, 0.4) is 0 Å². The van der Waals surface area contributed by atoms with Crippen molar-refractivity contribution in [2.75, 3.05) is 0 Å². The van der Waals surface area contributed by atoms with Crippen molar-refractivity contribution in [3.05, 3.63) is 53.2 Å². The van der Waals surface area contributed by atoms with E-state index in [1.165, 1.54) is 6.07 Å². The van der Waals surface area contributed by atoms with Crippen molar-refractivity contribution in [3.8, 4) is 0 Å². The van der Waals surface area contributed by atoms with Gasteiger partial charge in [-0.25, -0.2) is 9.37 Å². The van der Waals surface area contributed by atoms with Crippen molar-refractivity contribution >= 4 is 21.4 Å². The van der Waals surface area contributed by atoms with Crippen LogP contribution in [0.5, 0.6) is 0 Å². The maximum Gasteiger partial charge on any atom is 0.123 e. The summed E-state index contributed by atoms with van der Waals surface area (Å²) in [5.41, 5.74) is 2.85. The maximum atomic E-state index is 13.3. The lowest BCUT2D eigenvalue weighted by Crippen LogP contribution is -2.29. The predicted molar refractivity (Wildman–Crippen MR) is 83.5 cm³/mol. The molecule has 0 saturated heterocycles. The van der Waals surface area contributed by atoms with Gasteiger partial charge < -0.3 is 4.57 Å². The lowest BCUT2D eigenvalue weighted by Gasteiger charge is -2.14. The summed E-state index contributed by atoms with van der Waals surface area (Å²) in [5.74, 6) is 6.48. The van der Waals surface area contributed by atoms with E-state index in [-0.39, 0.29) is 11.9 Å². The molecule has 1 unspecified atom stereocenters. The fourth-order valence-corrected chi connectivity index (χ4v) is 3.55. The molecular formula is C15H17FN4S. The maximum absolute atomic E-state index is 13.3. The number of nitrogens with two attached hydrogens (primary N) is 1. The second kappa shape index (κ2) is 5.93. The summed E-state index contributed by atoms with van der Waals surface area (Å²) < 4.78 is 16.4. The third-order valence-electron chi connectivity index (χ3n) is 3.57. The van der Waals surface area contributed by atoms with Crippen molar-refractivity contribution in [1.29, 1.82) is 0 Å². The van der Waals surface area contributed by atoms with Crippen LogP contribution in [0.15, 0.2) is 36.7 Å². The fourth-order valence-electron chi connectivity index (χ4n) is 2.45. The van der Waals surface area contributed by atoms with E-state index in [9.17, 15) is 4.39 Å². The molecule has 110 valence electrons. The fraction of sp³-hybridized carbons (Fsp3) is 0.267. The molecule has 1 aromatic carbocycles. The second-order valence-corrected chi connectivity index (χ2v) is 6.00. The van der Waals surface area contributed by atoms with Crippen molar-refractivity contribution in [2.24, 2.45) is 5.84 Å². The van der Waals surface area contributed by atoms with Crippen LogP contribution >= 0.6 is 11.3 Å². The number of hydrogen-bond donors (Lipinski definition) is 2. The Kier molecular flexibility index (Phi) is 4.01. The van der Waals surface area contributed by atoms with Gasteiger partial charge in [0.15, 0.2) is 0 Å². The molecule has 0 aliphatic rings. The molecule has 0 bridgehead atoms. The van der Waals surface area contributed by atoms with Gasteiger partial charge in [0.05, 0.1) is 6.04 Å². The Balaban J connectivity index is 1.90. The topological polar surface area (TPSA) is 55.9 Å². The number of nitrogens with zero attached hydrogens (tertiary/aromatic N) is 2. The molecule has 3 aromatic rings. The number of benzene rings is 1. The van der Waals surface area contributed by atoms with E-state index in [2.05, 4.69) is 21.9 Å². The number of hydrazine groups is 1. The normalized spacial score (nSPS) is 12.9. The van der Waals surface area contributed by atoms with Gasteiger partial charge in [-0.3, -0.25) is 11.3 Å². The summed E-state index contributed by atoms with van der Waals surface area (Å²) in [5, 5.41) is 0.911. The van der Waals surface area contributed by atoms with Gasteiger partial charge in [0.25, 0.3) is 0 Å². The molecule has 0 aliphatic heterocycles. The third kappa shape index (κ3) is 2.83. The van der Waals surface area contributed by atoms with E-state index in [4.69, 9.17) is 5.84 Å². The summed E-state index contributed by atoms with van der Waals surface area (Å²) in [7, 11) is 0. The SMILES string of the molecule is CCn1ccnc1CC(NN)c1cc2cc(F)ccc2s1. The molecule has 0 spiro atoms. The summed E-state index contributed by atoms with van der Waals surface area (Å²) in [4.78, 5) is 5.47. The minimum absolute atomic E-state index is 0.0295. The number of rotatable bonds is 5. The lowest BCUT2D eigenvalue weighted by molar-refractivity contribution is 0.530. The Bertz CT molecular complexity index is 749. The van der Waals surface area contributed by atoms with E-state index in [1.807, 2.05) is 12.3 Å². The van der Waals surface area contributed by atoms with E-state index in [1.54, 1.807) is 29.7 Å². The highest BCUT2D eigenvalue weighted by atomic mass is 32.1. The van der Waals surface area contributed by atoms with Gasteiger partial charge in [0.1, 0.15) is 11.6 Å². The molecule has 0 saturated carbocycles. The van der Waals surface area contributed by atoms with Gasteiger partial charge in [-0.1, -0.05) is 0 Å². The van der Waals surface area contributed by atoms with E-state index in [0.29, 0.717) is 6.42 Å². The van der Waals surface area contributed by atoms with Crippen LogP contribution in [0.4, 0.5) is 4.39 Å². The molecule has 2 aromatic heterocycles. The van der Waals surface area contributed by atoms with Crippen LogP contribution in [0.2, 0.25) is 0 Å². The predicted octanol–water partition coefficient (Wildman–Crippen LogP) is 3.00. The summed E-state index contributed by atoms with van der Waals surface area (Å²) >= 11 is 1.63. The smallest absolute Gasteiger partial charge is 0.123 e. The van der Waals surface area contributed by atoms with Gasteiger partial charge >= 0.3 is 0 Å². The lowest BCUT2D eigenvalue weighted by atomic mass is 10.1. The van der Waals surface area contributed by atoms with Gasteiger partial charge in [-0.15, -0.1) is 11.3 Å². The molecule has 1 atom stereocenters. The van der Waals surface area contributed by atoms with E-state index < -0.39 is 0 Å². The molecule has 0 radical (unpaired) electrons. The summed E-state index contributed by atoms with van der Waals surface area (Å²) in [6, 6.07) is 6.80. The van der Waals surface area contributed by atoms with Crippen molar-refractivity contribution in [3.63, 3.8) is 0 Å². The largest absolute Gasteiger partial charge is 0.335 e. The summed E-state index contributed by atoms with van der Waals surface area (Å²) in [6.07, 6.45) is 4.46. The molecule has 3 N–H and O–H groups in total. The number of hydrogen-bond acceptors (Lipinski definition) is 4. The first-order valence-electron chi connectivity index (χ1n) is 6.86. The Morgan fingerprint density at radius 3 is 3.05 bits per heavy atom. The zero-order valence-corrected chi connectivity index (χ0v) is 12.5. The molecule has 3 rings (SSSR count). The molecule has 0 amide bonds. The molecule has 0 fully saturated rings. The minimum Gasteiger partial charge on any atom is -0.335 e. The average Bonchev–Trinajstić information content (AvgIpc) is 3.09. The Morgan fingerprint density at radius 1 is 1.43 bits per heavy atom. The monoisotopic (exact) mass is 304 g/mol. The van der Waals surface area contributed by atoms with Crippen molar-refractivity contribution in [2.45, 2.75) is 25.9 Å².